The third-order valence-corrected chi connectivity index (χ3v) is 7.23. The Morgan fingerprint density at radius 1 is 1.02 bits per heavy atom. The van der Waals surface area contributed by atoms with E-state index in [0.717, 1.165) is 22.3 Å². The molecule has 2 aromatic heterocycles. The highest BCUT2D eigenvalue weighted by Crippen LogP contribution is 2.31. The van der Waals surface area contributed by atoms with E-state index in [2.05, 4.69) is 15.5 Å². The molecule has 0 unspecified atom stereocenters. The van der Waals surface area contributed by atoms with Crippen LogP contribution in [0.15, 0.2) is 88.3 Å². The molecule has 0 saturated heterocycles. The monoisotopic (exact) mass is 552 g/mol. The number of hydrogen-bond acceptors (Lipinski definition) is 7. The number of ether oxygens (including phenoxy) is 2. The van der Waals surface area contributed by atoms with Gasteiger partial charge in [-0.2, -0.15) is 5.10 Å². The molecule has 0 aliphatic heterocycles. The standard InChI is InChI=1S/C31H28N4O4S/c1-20-4-8-22(9-5-20)17-39-26-13-10-23(14-27(26)38-3)15-33-34-28(36)16-35-19-32-30-29(31(35)37)25(18-40-30)24-11-6-21(2)7-12-24/h4-15,18-19H,16-17H2,1-3H3,(H,34,36)/b33-15-. The maximum atomic E-state index is 13.2. The Kier molecular flexibility index (Phi) is 8.02. The lowest BCUT2D eigenvalue weighted by atomic mass is 10.1. The summed E-state index contributed by atoms with van der Waals surface area (Å²) >= 11 is 1.40. The fraction of sp³-hybridized carbons (Fsp3) is 0.161. The molecule has 0 atom stereocenters. The van der Waals surface area contributed by atoms with Crippen molar-refractivity contribution in [2.75, 3.05) is 7.11 Å². The van der Waals surface area contributed by atoms with E-state index in [1.54, 1.807) is 19.2 Å². The van der Waals surface area contributed by atoms with Crippen LogP contribution in [0.2, 0.25) is 0 Å². The van der Waals surface area contributed by atoms with Crippen LogP contribution < -0.4 is 20.5 Å². The van der Waals surface area contributed by atoms with Gasteiger partial charge in [-0.25, -0.2) is 10.4 Å². The Labute approximate surface area is 235 Å². The zero-order chi connectivity index (χ0) is 28.1. The van der Waals surface area contributed by atoms with Crippen LogP contribution in [-0.4, -0.2) is 28.8 Å². The van der Waals surface area contributed by atoms with Crippen molar-refractivity contribution in [1.29, 1.82) is 0 Å². The Morgan fingerprint density at radius 2 is 1.75 bits per heavy atom. The van der Waals surface area contributed by atoms with Crippen molar-refractivity contribution in [3.63, 3.8) is 0 Å². The molecule has 0 saturated carbocycles. The van der Waals surface area contributed by atoms with Gasteiger partial charge in [0.25, 0.3) is 11.5 Å². The van der Waals surface area contributed by atoms with E-state index in [1.165, 1.54) is 34.0 Å². The number of benzene rings is 3. The van der Waals surface area contributed by atoms with E-state index < -0.39 is 5.91 Å². The highest BCUT2D eigenvalue weighted by Gasteiger charge is 2.15. The lowest BCUT2D eigenvalue weighted by molar-refractivity contribution is -0.121. The smallest absolute Gasteiger partial charge is 0.263 e. The van der Waals surface area contributed by atoms with Crippen LogP contribution in [0.25, 0.3) is 21.3 Å². The Bertz CT molecular complexity index is 1740. The van der Waals surface area contributed by atoms with Gasteiger partial charge < -0.3 is 9.47 Å². The van der Waals surface area contributed by atoms with Gasteiger partial charge in [-0.3, -0.25) is 14.2 Å². The number of hydrogen-bond donors (Lipinski definition) is 1. The molecular weight excluding hydrogens is 524 g/mol. The molecule has 0 aliphatic carbocycles. The number of rotatable bonds is 9. The van der Waals surface area contributed by atoms with E-state index >= 15 is 0 Å². The van der Waals surface area contributed by atoms with E-state index in [9.17, 15) is 9.59 Å². The number of aryl methyl sites for hydroxylation is 2. The lowest BCUT2D eigenvalue weighted by Crippen LogP contribution is -2.30. The van der Waals surface area contributed by atoms with Gasteiger partial charge in [-0.1, -0.05) is 59.7 Å². The van der Waals surface area contributed by atoms with Crippen molar-refractivity contribution < 1.29 is 14.3 Å². The summed E-state index contributed by atoms with van der Waals surface area (Å²) in [5.74, 6) is 0.704. The molecule has 0 bridgehead atoms. The van der Waals surface area contributed by atoms with Crippen LogP contribution in [-0.2, 0) is 17.9 Å². The minimum absolute atomic E-state index is 0.211. The summed E-state index contributed by atoms with van der Waals surface area (Å²) in [6.45, 7) is 4.26. The topological polar surface area (TPSA) is 94.8 Å². The molecule has 202 valence electrons. The highest BCUT2D eigenvalue weighted by molar-refractivity contribution is 7.17. The van der Waals surface area contributed by atoms with Crippen LogP contribution in [0.4, 0.5) is 0 Å². The SMILES string of the molecule is COc1cc(/C=N\NC(=O)Cn2cnc3scc(-c4ccc(C)cc4)c3c2=O)ccc1OCc1ccc(C)cc1. The van der Waals surface area contributed by atoms with Crippen molar-refractivity contribution in [3.8, 4) is 22.6 Å². The van der Waals surface area contributed by atoms with E-state index in [1.807, 2.05) is 73.8 Å². The van der Waals surface area contributed by atoms with Gasteiger partial charge in [-0.15, -0.1) is 11.3 Å². The summed E-state index contributed by atoms with van der Waals surface area (Å²) in [5.41, 5.74) is 8.04. The third-order valence-electron chi connectivity index (χ3n) is 6.34. The zero-order valence-electron chi connectivity index (χ0n) is 22.4. The summed E-state index contributed by atoms with van der Waals surface area (Å²) in [7, 11) is 1.57. The molecule has 40 heavy (non-hydrogen) atoms. The van der Waals surface area contributed by atoms with Crippen LogP contribution in [0, 0.1) is 13.8 Å². The average Bonchev–Trinajstić information content (AvgIpc) is 3.40. The van der Waals surface area contributed by atoms with E-state index in [-0.39, 0.29) is 12.1 Å². The summed E-state index contributed by atoms with van der Waals surface area (Å²) in [4.78, 5) is 30.8. The first-order valence-corrected chi connectivity index (χ1v) is 13.5. The number of hydrazone groups is 1. The first-order chi connectivity index (χ1) is 19.4. The molecule has 3 aromatic carbocycles. The number of nitrogens with one attached hydrogen (secondary N) is 1. The summed E-state index contributed by atoms with van der Waals surface area (Å²) in [5, 5.41) is 6.47. The Morgan fingerprint density at radius 3 is 2.48 bits per heavy atom. The lowest BCUT2D eigenvalue weighted by Gasteiger charge is -2.11. The van der Waals surface area contributed by atoms with E-state index in [4.69, 9.17) is 9.47 Å². The van der Waals surface area contributed by atoms with Crippen LogP contribution >= 0.6 is 11.3 Å². The number of fused-ring (bicyclic) bond motifs is 1. The summed E-state index contributed by atoms with van der Waals surface area (Å²) in [6.07, 6.45) is 2.90. The second-order valence-corrected chi connectivity index (χ2v) is 10.2. The predicted octanol–water partition coefficient (Wildman–Crippen LogP) is 5.48. The molecule has 0 fully saturated rings. The molecule has 5 aromatic rings. The Balaban J connectivity index is 1.24. The van der Waals surface area contributed by atoms with Crippen molar-refractivity contribution in [3.05, 3.63) is 111 Å². The van der Waals surface area contributed by atoms with Gasteiger partial charge >= 0.3 is 0 Å². The number of nitrogens with zero attached hydrogens (tertiary/aromatic N) is 3. The van der Waals surface area contributed by atoms with Gasteiger partial charge in [0.15, 0.2) is 11.5 Å². The van der Waals surface area contributed by atoms with Crippen molar-refractivity contribution >= 4 is 33.7 Å². The average molecular weight is 553 g/mol. The number of thiophene rings is 1. The molecule has 0 aliphatic rings. The van der Waals surface area contributed by atoms with Crippen molar-refractivity contribution in [2.24, 2.45) is 5.10 Å². The zero-order valence-corrected chi connectivity index (χ0v) is 23.2. The fourth-order valence-corrected chi connectivity index (χ4v) is 5.03. The van der Waals surface area contributed by atoms with Crippen molar-refractivity contribution in [2.45, 2.75) is 27.0 Å². The van der Waals surface area contributed by atoms with Crippen LogP contribution in [0.1, 0.15) is 22.3 Å². The normalized spacial score (nSPS) is 11.2. The predicted molar refractivity (Wildman–Crippen MR) is 158 cm³/mol. The fourth-order valence-electron chi connectivity index (χ4n) is 4.12. The minimum atomic E-state index is -0.448. The second-order valence-electron chi connectivity index (χ2n) is 9.35. The number of methoxy groups -OCH3 is 1. The number of carbonyl (C=O) groups excluding carboxylic acids is 1. The number of aromatic nitrogens is 2. The molecule has 1 N–H and O–H groups in total. The molecular formula is C31H28N4O4S. The Hall–Kier alpha value is -4.76. The van der Waals surface area contributed by atoms with Crippen LogP contribution in [0.5, 0.6) is 11.5 Å². The molecule has 2 heterocycles. The first kappa shape index (κ1) is 26.8. The maximum Gasteiger partial charge on any atom is 0.263 e. The van der Waals surface area contributed by atoms with Gasteiger partial charge in [0.2, 0.25) is 0 Å². The summed E-state index contributed by atoms with van der Waals surface area (Å²) < 4.78 is 12.7. The largest absolute Gasteiger partial charge is 0.493 e. The van der Waals surface area contributed by atoms with Gasteiger partial charge in [0.1, 0.15) is 18.0 Å². The number of amides is 1. The molecule has 0 radical (unpaired) electrons. The van der Waals surface area contributed by atoms with Gasteiger partial charge in [-0.05, 0) is 48.7 Å². The third kappa shape index (κ3) is 6.10. The first-order valence-electron chi connectivity index (χ1n) is 12.6. The van der Waals surface area contributed by atoms with Gasteiger partial charge in [0.05, 0.1) is 25.0 Å². The molecule has 9 heteroatoms. The molecule has 0 spiro atoms. The summed E-state index contributed by atoms with van der Waals surface area (Å²) in [6, 6.07) is 21.5. The van der Waals surface area contributed by atoms with Gasteiger partial charge in [0, 0.05) is 10.9 Å². The van der Waals surface area contributed by atoms with Crippen LogP contribution in [0.3, 0.4) is 0 Å². The minimum Gasteiger partial charge on any atom is -0.493 e. The van der Waals surface area contributed by atoms with Crippen molar-refractivity contribution in [1.82, 2.24) is 15.0 Å². The van der Waals surface area contributed by atoms with E-state index in [0.29, 0.717) is 33.9 Å². The maximum absolute atomic E-state index is 13.2. The second kappa shape index (κ2) is 12.0. The molecule has 8 nitrogen and oxygen atoms in total. The quantitative estimate of drug-likeness (QED) is 0.193. The highest BCUT2D eigenvalue weighted by atomic mass is 32.1. The number of carbonyl (C=O) groups is 1. The molecule has 5 rings (SSSR count). The molecule has 1 amide bonds.